The maximum absolute atomic E-state index is 13.3. The summed E-state index contributed by atoms with van der Waals surface area (Å²) in [7, 11) is 1.65. The van der Waals surface area contributed by atoms with Crippen molar-refractivity contribution in [3.05, 3.63) is 29.5 Å². The van der Waals surface area contributed by atoms with Crippen LogP contribution in [0.25, 0.3) is 10.9 Å². The Hall–Kier alpha value is -2.50. The number of nitrogens with one attached hydrogen (secondary N) is 1. The fourth-order valence-electron chi connectivity index (χ4n) is 4.51. The highest BCUT2D eigenvalue weighted by molar-refractivity contribution is 6.08. The van der Waals surface area contributed by atoms with Gasteiger partial charge >= 0.3 is 6.03 Å². The number of hydrogen-bond acceptors (Lipinski definition) is 3. The molecule has 3 heterocycles. The van der Waals surface area contributed by atoms with Gasteiger partial charge in [0.25, 0.3) is 5.91 Å². The van der Waals surface area contributed by atoms with Gasteiger partial charge in [0.1, 0.15) is 5.75 Å². The molecule has 2 aromatic rings. The molecular formula is C21H27N3O3. The van der Waals surface area contributed by atoms with Gasteiger partial charge in [0.05, 0.1) is 12.8 Å². The van der Waals surface area contributed by atoms with Crippen molar-refractivity contribution in [2.45, 2.75) is 51.5 Å². The van der Waals surface area contributed by atoms with E-state index in [4.69, 9.17) is 4.74 Å². The summed E-state index contributed by atoms with van der Waals surface area (Å²) in [5.41, 5.74) is 2.01. The van der Waals surface area contributed by atoms with Crippen molar-refractivity contribution in [1.82, 2.24) is 14.8 Å². The van der Waals surface area contributed by atoms with Gasteiger partial charge in [-0.3, -0.25) is 9.69 Å². The molecule has 0 bridgehead atoms. The first-order valence-electron chi connectivity index (χ1n) is 9.85. The third-order valence-electron chi connectivity index (χ3n) is 6.08. The van der Waals surface area contributed by atoms with Gasteiger partial charge in [-0.2, -0.15) is 0 Å². The number of H-pyrrole nitrogens is 1. The van der Waals surface area contributed by atoms with Crippen LogP contribution in [0.3, 0.4) is 0 Å². The number of imide groups is 1. The van der Waals surface area contributed by atoms with E-state index in [0.717, 1.165) is 60.0 Å². The number of aromatic nitrogens is 1. The average molecular weight is 369 g/mol. The molecule has 6 heteroatoms. The molecule has 1 aromatic carbocycles. The van der Waals surface area contributed by atoms with Gasteiger partial charge in [0.15, 0.2) is 5.54 Å². The summed E-state index contributed by atoms with van der Waals surface area (Å²) in [4.78, 5) is 32.9. The molecular weight excluding hydrogens is 342 g/mol. The first-order valence-corrected chi connectivity index (χ1v) is 9.85. The van der Waals surface area contributed by atoms with E-state index < -0.39 is 5.54 Å². The Morgan fingerprint density at radius 1 is 1.22 bits per heavy atom. The van der Waals surface area contributed by atoms with Crippen molar-refractivity contribution in [2.75, 3.05) is 20.2 Å². The fraction of sp³-hybridized carbons (Fsp3) is 0.524. The molecule has 0 saturated carbocycles. The van der Waals surface area contributed by atoms with Gasteiger partial charge in [0.2, 0.25) is 0 Å². The van der Waals surface area contributed by atoms with E-state index in [9.17, 15) is 9.59 Å². The van der Waals surface area contributed by atoms with Crippen LogP contribution < -0.4 is 4.74 Å². The molecule has 144 valence electrons. The molecule has 3 amide bonds. The van der Waals surface area contributed by atoms with Crippen LogP contribution >= 0.6 is 0 Å². The lowest BCUT2D eigenvalue weighted by molar-refractivity contribution is -0.133. The lowest BCUT2D eigenvalue weighted by Crippen LogP contribution is -2.49. The number of urea groups is 1. The monoisotopic (exact) mass is 369 g/mol. The van der Waals surface area contributed by atoms with E-state index in [1.54, 1.807) is 12.0 Å². The molecule has 1 aromatic heterocycles. The predicted octanol–water partition coefficient (Wildman–Crippen LogP) is 3.79. The van der Waals surface area contributed by atoms with Crippen molar-refractivity contribution in [3.8, 4) is 5.75 Å². The minimum atomic E-state index is -0.943. The molecule has 0 aliphatic carbocycles. The lowest BCUT2D eigenvalue weighted by Gasteiger charge is -2.36. The second-order valence-corrected chi connectivity index (χ2v) is 7.66. The molecule has 2 aliphatic rings. The molecule has 1 fully saturated rings. The Morgan fingerprint density at radius 2 is 2.04 bits per heavy atom. The van der Waals surface area contributed by atoms with E-state index in [0.29, 0.717) is 13.1 Å². The second-order valence-electron chi connectivity index (χ2n) is 7.66. The molecule has 6 nitrogen and oxygen atoms in total. The summed E-state index contributed by atoms with van der Waals surface area (Å²) >= 11 is 0. The zero-order valence-electron chi connectivity index (χ0n) is 16.3. The number of nitrogens with zero attached hydrogens (tertiary/aromatic N) is 2. The number of ether oxygens (including phenoxy) is 1. The number of amides is 3. The van der Waals surface area contributed by atoms with Crippen molar-refractivity contribution < 1.29 is 14.3 Å². The highest BCUT2D eigenvalue weighted by Crippen LogP contribution is 2.44. The number of fused-ring (bicyclic) bond motifs is 5. The molecule has 27 heavy (non-hydrogen) atoms. The van der Waals surface area contributed by atoms with E-state index >= 15 is 0 Å². The molecule has 0 spiro atoms. The number of aromatic amines is 1. The summed E-state index contributed by atoms with van der Waals surface area (Å²) in [5, 5.41) is 1.08. The topological polar surface area (TPSA) is 65.6 Å². The third-order valence-corrected chi connectivity index (χ3v) is 6.08. The van der Waals surface area contributed by atoms with E-state index in [2.05, 4.69) is 11.9 Å². The maximum atomic E-state index is 13.3. The normalized spacial score (nSPS) is 21.7. The van der Waals surface area contributed by atoms with Crippen LogP contribution in [0, 0.1) is 0 Å². The minimum Gasteiger partial charge on any atom is -0.497 e. The molecule has 1 N–H and O–H groups in total. The molecule has 4 rings (SSSR count). The highest BCUT2D eigenvalue weighted by Gasteiger charge is 2.58. The van der Waals surface area contributed by atoms with Crippen molar-refractivity contribution in [1.29, 1.82) is 0 Å². The largest absolute Gasteiger partial charge is 0.497 e. The number of rotatable bonds is 6. The second kappa shape index (κ2) is 6.59. The number of benzene rings is 1. The Balaban J connectivity index is 1.71. The Morgan fingerprint density at radius 3 is 2.78 bits per heavy atom. The van der Waals surface area contributed by atoms with Gasteiger partial charge in [-0.15, -0.1) is 0 Å². The minimum absolute atomic E-state index is 0.108. The SMILES string of the molecule is CCCCCCN1C(=O)N2CCc3c([nH]c4ccc(OC)cc34)[C@@]2(C)C1=O. The van der Waals surface area contributed by atoms with Gasteiger partial charge < -0.3 is 14.6 Å². The van der Waals surface area contributed by atoms with Gasteiger partial charge in [0, 0.05) is 24.0 Å². The van der Waals surface area contributed by atoms with Crippen LogP contribution in [0.5, 0.6) is 5.75 Å². The summed E-state index contributed by atoms with van der Waals surface area (Å²) < 4.78 is 5.36. The zero-order valence-corrected chi connectivity index (χ0v) is 16.3. The van der Waals surface area contributed by atoms with Crippen LogP contribution in [0.1, 0.15) is 50.8 Å². The lowest BCUT2D eigenvalue weighted by atomic mass is 9.87. The van der Waals surface area contributed by atoms with E-state index in [1.165, 1.54) is 4.90 Å². The molecule has 1 saturated heterocycles. The number of hydrogen-bond donors (Lipinski definition) is 1. The maximum Gasteiger partial charge on any atom is 0.327 e. The molecule has 1 atom stereocenters. The first-order chi connectivity index (χ1) is 13.0. The number of methoxy groups -OCH3 is 1. The third kappa shape index (κ3) is 2.53. The van der Waals surface area contributed by atoms with Crippen molar-refractivity contribution >= 4 is 22.8 Å². The highest BCUT2D eigenvalue weighted by atomic mass is 16.5. The Kier molecular flexibility index (Phi) is 4.36. The average Bonchev–Trinajstić information content (AvgIpc) is 3.14. The zero-order chi connectivity index (χ0) is 19.2. The number of carbonyl (C=O) groups excluding carboxylic acids is 2. The number of unbranched alkanes of at least 4 members (excludes halogenated alkanes) is 3. The first kappa shape index (κ1) is 17.9. The van der Waals surface area contributed by atoms with Crippen LogP contribution in [0.15, 0.2) is 18.2 Å². The van der Waals surface area contributed by atoms with Crippen molar-refractivity contribution in [2.24, 2.45) is 0 Å². The summed E-state index contributed by atoms with van der Waals surface area (Å²) in [5.74, 6) is 0.687. The van der Waals surface area contributed by atoms with E-state index in [1.807, 2.05) is 25.1 Å². The van der Waals surface area contributed by atoms with Crippen molar-refractivity contribution in [3.63, 3.8) is 0 Å². The quantitative estimate of drug-likeness (QED) is 0.622. The molecule has 0 radical (unpaired) electrons. The Labute approximate surface area is 159 Å². The summed E-state index contributed by atoms with van der Waals surface area (Å²) in [6.45, 7) is 5.10. The predicted molar refractivity (Wildman–Crippen MR) is 104 cm³/mol. The summed E-state index contributed by atoms with van der Waals surface area (Å²) in [6, 6.07) is 5.74. The standard InChI is InChI=1S/C21H27N3O3/c1-4-5-6-7-11-23-19(25)21(2)18-15(10-12-24(21)20(23)26)16-13-14(27-3)8-9-17(16)22-18/h8-9,13,22H,4-7,10-12H2,1-3H3/t21-/m0/s1. The molecule has 0 unspecified atom stereocenters. The smallest absolute Gasteiger partial charge is 0.327 e. The van der Waals surface area contributed by atoms with Crippen LogP contribution in [-0.4, -0.2) is 46.9 Å². The van der Waals surface area contributed by atoms with Gasteiger partial charge in [-0.25, -0.2) is 4.79 Å². The molecule has 2 aliphatic heterocycles. The fourth-order valence-corrected chi connectivity index (χ4v) is 4.51. The summed E-state index contributed by atoms with van der Waals surface area (Å²) in [6.07, 6.45) is 4.91. The van der Waals surface area contributed by atoms with Crippen LogP contribution in [-0.2, 0) is 16.8 Å². The van der Waals surface area contributed by atoms with Gasteiger partial charge in [-0.05, 0) is 43.5 Å². The van der Waals surface area contributed by atoms with E-state index in [-0.39, 0.29) is 11.9 Å². The van der Waals surface area contributed by atoms with Crippen LogP contribution in [0.4, 0.5) is 4.79 Å². The van der Waals surface area contributed by atoms with Crippen LogP contribution in [0.2, 0.25) is 0 Å². The number of carbonyl (C=O) groups is 2. The Bertz CT molecular complexity index is 903. The van der Waals surface area contributed by atoms with Gasteiger partial charge in [-0.1, -0.05) is 26.2 Å².